The second-order valence-electron chi connectivity index (χ2n) is 2.99. The van der Waals surface area contributed by atoms with Crippen molar-refractivity contribution < 1.29 is 9.90 Å². The normalized spacial score (nSPS) is 12.6. The Labute approximate surface area is 96.9 Å². The molecule has 0 saturated heterocycles. The fourth-order valence-electron chi connectivity index (χ4n) is 1.16. The Balaban J connectivity index is 3.15. The smallest absolute Gasteiger partial charge is 0.147 e. The highest BCUT2D eigenvalue weighted by Gasteiger charge is 2.16. The van der Waals surface area contributed by atoms with E-state index in [0.29, 0.717) is 4.90 Å². The van der Waals surface area contributed by atoms with E-state index in [4.69, 9.17) is 5.11 Å². The number of aliphatic hydroxyl groups is 1. The summed E-state index contributed by atoms with van der Waals surface area (Å²) in [5.41, 5.74) is 1.53. The van der Waals surface area contributed by atoms with Crippen molar-refractivity contribution >= 4 is 34.3 Å². The topological polar surface area (TPSA) is 37.3 Å². The molecular weight excluding hydrogens is 264 g/mol. The summed E-state index contributed by atoms with van der Waals surface area (Å²) in [5, 5.41) is 9.01. The summed E-state index contributed by atoms with van der Waals surface area (Å²) in [5.74, 6) is 0.0235. The number of carbonyl (C=O) groups is 1. The lowest BCUT2D eigenvalue weighted by Crippen LogP contribution is -2.03. The molecule has 14 heavy (non-hydrogen) atoms. The zero-order valence-corrected chi connectivity index (χ0v) is 10.2. The summed E-state index contributed by atoms with van der Waals surface area (Å²) in [6.45, 7) is 1.45. The number of thiol groups is 1. The Hall–Kier alpha value is -0.320. The molecule has 76 valence electrons. The summed E-state index contributed by atoms with van der Waals surface area (Å²) in [6.07, 6.45) is 0. The van der Waals surface area contributed by atoms with Crippen LogP contribution in [0.4, 0.5) is 0 Å². The van der Waals surface area contributed by atoms with Crippen LogP contribution in [0.2, 0.25) is 0 Å². The first-order valence-electron chi connectivity index (χ1n) is 4.14. The average Bonchev–Trinajstić information content (AvgIpc) is 2.17. The van der Waals surface area contributed by atoms with E-state index in [1.165, 1.54) is 6.92 Å². The number of aliphatic hydroxyl groups excluding tert-OH is 1. The van der Waals surface area contributed by atoms with Crippen LogP contribution in [0, 0.1) is 0 Å². The lowest BCUT2D eigenvalue weighted by Gasteiger charge is -2.11. The minimum Gasteiger partial charge on any atom is -0.392 e. The van der Waals surface area contributed by atoms with E-state index in [1.807, 2.05) is 6.07 Å². The van der Waals surface area contributed by atoms with Crippen molar-refractivity contribution in [3.63, 3.8) is 0 Å². The molecule has 1 rings (SSSR count). The third-order valence-electron chi connectivity index (χ3n) is 1.95. The number of carbonyl (C=O) groups excluding carboxylic acids is 1. The second-order valence-corrected chi connectivity index (χ2v) is 4.35. The first kappa shape index (κ1) is 11.8. The summed E-state index contributed by atoms with van der Waals surface area (Å²) >= 11 is 7.57. The predicted molar refractivity (Wildman–Crippen MR) is 62.0 cm³/mol. The van der Waals surface area contributed by atoms with Gasteiger partial charge in [0.1, 0.15) is 5.78 Å². The summed E-state index contributed by atoms with van der Waals surface area (Å²) in [7, 11) is 0. The Kier molecular flexibility index (Phi) is 4.16. The van der Waals surface area contributed by atoms with Gasteiger partial charge < -0.3 is 5.11 Å². The van der Waals surface area contributed by atoms with Gasteiger partial charge in [0.15, 0.2) is 0 Å². The number of ketones is 1. The molecule has 1 atom stereocenters. The molecule has 0 aliphatic carbocycles. The van der Waals surface area contributed by atoms with Crippen LogP contribution in [0.25, 0.3) is 0 Å². The van der Waals surface area contributed by atoms with E-state index in [9.17, 15) is 4.79 Å². The molecular formula is C10H11BrO2S. The van der Waals surface area contributed by atoms with Gasteiger partial charge in [-0.05, 0) is 18.1 Å². The van der Waals surface area contributed by atoms with Crippen molar-refractivity contribution in [1.29, 1.82) is 0 Å². The van der Waals surface area contributed by atoms with Crippen molar-refractivity contribution in [3.05, 3.63) is 29.3 Å². The number of benzene rings is 1. The highest BCUT2D eigenvalue weighted by Crippen LogP contribution is 2.31. The van der Waals surface area contributed by atoms with Gasteiger partial charge in [0.05, 0.1) is 11.4 Å². The molecule has 1 unspecified atom stereocenters. The third-order valence-corrected chi connectivity index (χ3v) is 3.63. The number of rotatable bonds is 3. The zero-order chi connectivity index (χ0) is 10.7. The molecule has 0 aliphatic rings. The minimum atomic E-state index is -0.346. The van der Waals surface area contributed by atoms with Gasteiger partial charge >= 0.3 is 0 Å². The fraction of sp³-hybridized carbons (Fsp3) is 0.300. The largest absolute Gasteiger partial charge is 0.392 e. The molecule has 2 nitrogen and oxygen atoms in total. The van der Waals surface area contributed by atoms with Crippen LogP contribution in [0.15, 0.2) is 23.1 Å². The summed E-state index contributed by atoms with van der Waals surface area (Å²) < 4.78 is 0. The molecule has 1 aromatic rings. The number of halogens is 1. The molecule has 0 radical (unpaired) electrons. The van der Waals surface area contributed by atoms with Gasteiger partial charge in [-0.2, -0.15) is 0 Å². The maximum atomic E-state index is 11.2. The van der Waals surface area contributed by atoms with Crippen molar-refractivity contribution in [2.45, 2.75) is 23.3 Å². The number of hydrogen-bond acceptors (Lipinski definition) is 3. The number of hydrogen-bond donors (Lipinski definition) is 2. The van der Waals surface area contributed by atoms with Crippen LogP contribution in [-0.2, 0) is 11.4 Å². The highest BCUT2D eigenvalue weighted by molar-refractivity contribution is 9.09. The van der Waals surface area contributed by atoms with Gasteiger partial charge in [-0.15, -0.1) is 12.6 Å². The van der Waals surface area contributed by atoms with Crippen LogP contribution in [-0.4, -0.2) is 10.9 Å². The van der Waals surface area contributed by atoms with Gasteiger partial charge in [-0.3, -0.25) is 4.79 Å². The predicted octanol–water partition coefficient (Wildman–Crippen LogP) is 2.49. The van der Waals surface area contributed by atoms with Crippen LogP contribution in [0.1, 0.15) is 22.9 Å². The zero-order valence-electron chi connectivity index (χ0n) is 7.70. The molecule has 0 fully saturated rings. The van der Waals surface area contributed by atoms with Gasteiger partial charge in [0.2, 0.25) is 0 Å². The van der Waals surface area contributed by atoms with Gasteiger partial charge in [-0.1, -0.05) is 34.1 Å². The maximum Gasteiger partial charge on any atom is 0.147 e. The molecule has 1 aromatic carbocycles. The van der Waals surface area contributed by atoms with Gasteiger partial charge in [-0.25, -0.2) is 0 Å². The maximum absolute atomic E-state index is 11.2. The van der Waals surface area contributed by atoms with E-state index in [2.05, 4.69) is 28.6 Å². The molecule has 0 heterocycles. The molecule has 4 heteroatoms. The Morgan fingerprint density at radius 1 is 1.64 bits per heavy atom. The average molecular weight is 275 g/mol. The van der Waals surface area contributed by atoms with Crippen molar-refractivity contribution in [1.82, 2.24) is 0 Å². The molecule has 0 saturated carbocycles. The van der Waals surface area contributed by atoms with Crippen LogP contribution >= 0.6 is 28.6 Å². The fourth-order valence-corrected chi connectivity index (χ4v) is 2.07. The standard InChI is InChI=1S/C10H11BrO2S/c1-6(13)9(11)8-4-2-3-7(5-12)10(8)14/h2-4,9,12,14H,5H2,1H3. The Morgan fingerprint density at radius 3 is 2.79 bits per heavy atom. The molecule has 0 spiro atoms. The lowest BCUT2D eigenvalue weighted by molar-refractivity contribution is -0.116. The Bertz CT molecular complexity index is 352. The third kappa shape index (κ3) is 2.38. The van der Waals surface area contributed by atoms with Crippen LogP contribution < -0.4 is 0 Å². The van der Waals surface area contributed by atoms with E-state index < -0.39 is 0 Å². The van der Waals surface area contributed by atoms with E-state index in [0.717, 1.165) is 11.1 Å². The van der Waals surface area contributed by atoms with Gasteiger partial charge in [0, 0.05) is 4.90 Å². The van der Waals surface area contributed by atoms with E-state index in [-0.39, 0.29) is 17.2 Å². The molecule has 0 amide bonds. The number of Topliss-reactive ketones (excluding diaryl/α,β-unsaturated/α-hetero) is 1. The molecule has 0 aliphatic heterocycles. The van der Waals surface area contributed by atoms with Gasteiger partial charge in [0.25, 0.3) is 0 Å². The van der Waals surface area contributed by atoms with Crippen molar-refractivity contribution in [2.75, 3.05) is 0 Å². The SMILES string of the molecule is CC(=O)C(Br)c1cccc(CO)c1S. The monoisotopic (exact) mass is 274 g/mol. The Morgan fingerprint density at radius 2 is 2.29 bits per heavy atom. The first-order valence-corrected chi connectivity index (χ1v) is 5.50. The van der Waals surface area contributed by atoms with Crippen LogP contribution in [0.5, 0.6) is 0 Å². The van der Waals surface area contributed by atoms with E-state index in [1.54, 1.807) is 12.1 Å². The molecule has 0 bridgehead atoms. The first-order chi connectivity index (χ1) is 6.57. The van der Waals surface area contributed by atoms with Crippen molar-refractivity contribution in [3.8, 4) is 0 Å². The summed E-state index contributed by atoms with van der Waals surface area (Å²) in [6, 6.07) is 5.41. The van der Waals surface area contributed by atoms with Crippen LogP contribution in [0.3, 0.4) is 0 Å². The molecule has 1 N–H and O–H groups in total. The van der Waals surface area contributed by atoms with E-state index >= 15 is 0 Å². The minimum absolute atomic E-state index is 0.0235. The number of alkyl halides is 1. The summed E-state index contributed by atoms with van der Waals surface area (Å²) in [4.78, 5) is 11.5. The second kappa shape index (κ2) is 4.96. The molecule has 0 aromatic heterocycles. The highest BCUT2D eigenvalue weighted by atomic mass is 79.9. The lowest BCUT2D eigenvalue weighted by atomic mass is 10.1. The van der Waals surface area contributed by atoms with Crippen molar-refractivity contribution in [2.24, 2.45) is 0 Å². The quantitative estimate of drug-likeness (QED) is 0.657.